The third-order valence-electron chi connectivity index (χ3n) is 2.18. The molecule has 1 aliphatic rings. The molecule has 12 heavy (non-hydrogen) atoms. The zero-order chi connectivity index (χ0) is 8.55. The predicted octanol–water partition coefficient (Wildman–Crippen LogP) is 2.25. The van der Waals surface area contributed by atoms with Crippen LogP contribution in [0.1, 0.15) is 31.3 Å². The number of aromatic nitrogens is 2. The van der Waals surface area contributed by atoms with E-state index in [4.69, 9.17) is 0 Å². The first-order valence-electron chi connectivity index (χ1n) is 4.41. The molecule has 0 unspecified atom stereocenters. The fourth-order valence-corrected chi connectivity index (χ4v) is 2.27. The van der Waals surface area contributed by atoms with Crippen LogP contribution in [-0.2, 0) is 12.3 Å². The molecule has 0 radical (unpaired) electrons. The second kappa shape index (κ2) is 3.13. The fourth-order valence-electron chi connectivity index (χ4n) is 1.39. The van der Waals surface area contributed by atoms with E-state index in [0.29, 0.717) is 5.92 Å². The van der Waals surface area contributed by atoms with Crippen molar-refractivity contribution in [3.8, 4) is 0 Å². The highest BCUT2D eigenvalue weighted by Gasteiger charge is 2.13. The molecule has 0 spiro atoms. The van der Waals surface area contributed by atoms with E-state index in [-0.39, 0.29) is 0 Å². The van der Waals surface area contributed by atoms with Crippen LogP contribution >= 0.6 is 11.8 Å². The van der Waals surface area contributed by atoms with E-state index in [9.17, 15) is 0 Å². The van der Waals surface area contributed by atoms with Crippen molar-refractivity contribution < 1.29 is 0 Å². The minimum Gasteiger partial charge on any atom is -0.333 e. The second-order valence-corrected chi connectivity index (χ2v) is 4.59. The Morgan fingerprint density at radius 3 is 3.08 bits per heavy atom. The molecule has 1 aromatic rings. The van der Waals surface area contributed by atoms with Gasteiger partial charge < -0.3 is 4.57 Å². The van der Waals surface area contributed by atoms with Gasteiger partial charge in [0.1, 0.15) is 5.82 Å². The van der Waals surface area contributed by atoms with E-state index in [2.05, 4.69) is 29.6 Å². The van der Waals surface area contributed by atoms with Gasteiger partial charge in [0.15, 0.2) is 0 Å². The van der Waals surface area contributed by atoms with Gasteiger partial charge in [-0.15, -0.1) is 0 Å². The van der Waals surface area contributed by atoms with Crippen molar-refractivity contribution in [3.05, 3.63) is 17.7 Å². The molecule has 0 fully saturated rings. The summed E-state index contributed by atoms with van der Waals surface area (Å²) in [4.78, 5) is 4.59. The molecule has 1 aliphatic heterocycles. The van der Waals surface area contributed by atoms with Crippen LogP contribution in [0.2, 0.25) is 0 Å². The van der Waals surface area contributed by atoms with Crippen molar-refractivity contribution in [3.63, 3.8) is 0 Å². The lowest BCUT2D eigenvalue weighted by Gasteiger charge is -2.11. The summed E-state index contributed by atoms with van der Waals surface area (Å²) in [6, 6.07) is 0. The maximum absolute atomic E-state index is 4.59. The van der Waals surface area contributed by atoms with Gasteiger partial charge in [0.05, 0.1) is 11.4 Å². The molecule has 0 aliphatic carbocycles. The number of nitrogens with zero attached hydrogens (tertiary/aromatic N) is 2. The Hall–Kier alpha value is -0.440. The van der Waals surface area contributed by atoms with Crippen LogP contribution in [0.5, 0.6) is 0 Å². The van der Waals surface area contributed by atoms with Crippen LogP contribution in [0.25, 0.3) is 0 Å². The number of hydrogen-bond donors (Lipinski definition) is 0. The second-order valence-electron chi connectivity index (χ2n) is 3.48. The van der Waals surface area contributed by atoms with Crippen molar-refractivity contribution in [1.29, 1.82) is 0 Å². The Morgan fingerprint density at radius 2 is 2.42 bits per heavy atom. The van der Waals surface area contributed by atoms with Gasteiger partial charge in [0, 0.05) is 18.5 Å². The van der Waals surface area contributed by atoms with Crippen LogP contribution in [0, 0.1) is 0 Å². The molecule has 1 aromatic heterocycles. The topological polar surface area (TPSA) is 17.8 Å². The maximum atomic E-state index is 4.59. The smallest absolute Gasteiger partial charge is 0.119 e. The largest absolute Gasteiger partial charge is 0.333 e. The van der Waals surface area contributed by atoms with E-state index < -0.39 is 0 Å². The number of imidazole rings is 1. The lowest BCUT2D eigenvalue weighted by Crippen LogP contribution is -2.09. The summed E-state index contributed by atoms with van der Waals surface area (Å²) >= 11 is 1.98. The van der Waals surface area contributed by atoms with Gasteiger partial charge in [0.25, 0.3) is 0 Å². The highest BCUT2D eigenvalue weighted by atomic mass is 32.2. The first-order chi connectivity index (χ1) is 5.77. The first kappa shape index (κ1) is 8.17. The molecule has 0 aromatic carbocycles. The number of aryl methyl sites for hydroxylation is 1. The van der Waals surface area contributed by atoms with Gasteiger partial charge in [-0.3, -0.25) is 0 Å². The molecule has 0 amide bonds. The number of hydrogen-bond acceptors (Lipinski definition) is 2. The Balaban J connectivity index is 2.32. The zero-order valence-electron chi connectivity index (χ0n) is 7.58. The van der Waals surface area contributed by atoms with E-state index in [0.717, 1.165) is 12.3 Å². The van der Waals surface area contributed by atoms with Crippen LogP contribution in [0.4, 0.5) is 0 Å². The zero-order valence-corrected chi connectivity index (χ0v) is 8.40. The lowest BCUT2D eigenvalue weighted by atomic mass is 10.2. The third-order valence-corrected chi connectivity index (χ3v) is 3.11. The Kier molecular flexibility index (Phi) is 2.13. The average molecular weight is 182 g/mol. The summed E-state index contributed by atoms with van der Waals surface area (Å²) in [7, 11) is 0. The minimum absolute atomic E-state index is 0.563. The van der Waals surface area contributed by atoms with Crippen molar-refractivity contribution in [2.24, 2.45) is 0 Å². The molecule has 2 nitrogen and oxygen atoms in total. The van der Waals surface area contributed by atoms with Gasteiger partial charge in [0.2, 0.25) is 0 Å². The van der Waals surface area contributed by atoms with Gasteiger partial charge in [-0.05, 0) is 5.92 Å². The summed E-state index contributed by atoms with van der Waals surface area (Å²) in [6.45, 7) is 5.53. The lowest BCUT2D eigenvalue weighted by molar-refractivity contribution is 0.717. The number of fused-ring (bicyclic) bond motifs is 1. The van der Waals surface area contributed by atoms with Crippen LogP contribution in [0.15, 0.2) is 6.20 Å². The van der Waals surface area contributed by atoms with Gasteiger partial charge in [-0.2, -0.15) is 11.8 Å². The Labute approximate surface area is 77.4 Å². The molecule has 2 heterocycles. The molecule has 2 rings (SSSR count). The molecule has 0 saturated heterocycles. The SMILES string of the molecule is CC(C)c1cn2c(n1)CSCC2. The summed E-state index contributed by atoms with van der Waals surface area (Å²) in [6.07, 6.45) is 2.21. The Morgan fingerprint density at radius 1 is 1.58 bits per heavy atom. The molecular weight excluding hydrogens is 168 g/mol. The summed E-state index contributed by atoms with van der Waals surface area (Å²) in [5.74, 6) is 4.15. The average Bonchev–Trinajstić information content (AvgIpc) is 2.46. The molecule has 66 valence electrons. The van der Waals surface area contributed by atoms with E-state index in [1.807, 2.05) is 11.8 Å². The van der Waals surface area contributed by atoms with E-state index >= 15 is 0 Å². The van der Waals surface area contributed by atoms with Crippen molar-refractivity contribution in [2.45, 2.75) is 32.1 Å². The van der Waals surface area contributed by atoms with Crippen molar-refractivity contribution in [1.82, 2.24) is 9.55 Å². The van der Waals surface area contributed by atoms with Crippen LogP contribution < -0.4 is 0 Å². The molecular formula is C9H14N2S. The maximum Gasteiger partial charge on any atom is 0.119 e. The molecule has 3 heteroatoms. The highest BCUT2D eigenvalue weighted by Crippen LogP contribution is 2.21. The number of thioether (sulfide) groups is 1. The quantitative estimate of drug-likeness (QED) is 0.663. The fraction of sp³-hybridized carbons (Fsp3) is 0.667. The summed E-state index contributed by atoms with van der Waals surface area (Å²) in [5.41, 5.74) is 1.24. The van der Waals surface area contributed by atoms with Crippen LogP contribution in [0.3, 0.4) is 0 Å². The molecule has 0 bridgehead atoms. The van der Waals surface area contributed by atoms with Crippen molar-refractivity contribution >= 4 is 11.8 Å². The number of rotatable bonds is 1. The first-order valence-corrected chi connectivity index (χ1v) is 5.56. The van der Waals surface area contributed by atoms with E-state index in [1.54, 1.807) is 0 Å². The van der Waals surface area contributed by atoms with Gasteiger partial charge >= 0.3 is 0 Å². The summed E-state index contributed by atoms with van der Waals surface area (Å²) < 4.78 is 2.30. The molecule has 0 N–H and O–H groups in total. The van der Waals surface area contributed by atoms with Gasteiger partial charge in [-0.25, -0.2) is 4.98 Å². The summed E-state index contributed by atoms with van der Waals surface area (Å²) in [5, 5.41) is 0. The van der Waals surface area contributed by atoms with E-state index in [1.165, 1.54) is 17.3 Å². The normalized spacial score (nSPS) is 16.6. The predicted molar refractivity (Wildman–Crippen MR) is 52.5 cm³/mol. The van der Waals surface area contributed by atoms with Gasteiger partial charge in [-0.1, -0.05) is 13.8 Å². The molecule has 0 saturated carbocycles. The van der Waals surface area contributed by atoms with Crippen molar-refractivity contribution in [2.75, 3.05) is 5.75 Å². The van der Waals surface area contributed by atoms with Crippen LogP contribution in [-0.4, -0.2) is 15.3 Å². The highest BCUT2D eigenvalue weighted by molar-refractivity contribution is 7.98. The molecule has 0 atom stereocenters. The Bertz CT molecular complexity index is 255. The minimum atomic E-state index is 0.563. The standard InChI is InChI=1S/C9H14N2S/c1-7(2)8-5-11-3-4-12-6-9(11)10-8/h5,7H,3-4,6H2,1-2H3. The monoisotopic (exact) mass is 182 g/mol. The third kappa shape index (κ3) is 1.38.